The maximum atomic E-state index is 13.2. The lowest BCUT2D eigenvalue weighted by molar-refractivity contribution is -0.123. The number of anilines is 1. The number of fused-ring (bicyclic) bond motifs is 1. The number of amides is 1. The number of carbonyl (C=O) groups excluding carboxylic acids is 1. The number of methoxy groups -OCH3 is 1. The smallest absolute Gasteiger partial charge is 0.234 e. The molecule has 6 nitrogen and oxygen atoms in total. The van der Waals surface area contributed by atoms with Crippen molar-refractivity contribution in [2.24, 2.45) is 0 Å². The molecule has 0 radical (unpaired) electrons. The predicted octanol–water partition coefficient (Wildman–Crippen LogP) is 4.55. The highest BCUT2D eigenvalue weighted by molar-refractivity contribution is 7.17. The van der Waals surface area contributed by atoms with E-state index in [-0.39, 0.29) is 11.9 Å². The Bertz CT molecular complexity index is 1320. The van der Waals surface area contributed by atoms with Crippen molar-refractivity contribution in [1.82, 2.24) is 15.5 Å². The molecular formula is C31H36N4O2S. The molecule has 2 N–H and O–H groups in total. The van der Waals surface area contributed by atoms with Crippen molar-refractivity contribution in [2.75, 3.05) is 51.3 Å². The number of para-hydroxylation sites is 2. The van der Waals surface area contributed by atoms with E-state index in [0.717, 1.165) is 43.9 Å². The van der Waals surface area contributed by atoms with Crippen LogP contribution in [-0.2, 0) is 17.8 Å². The highest BCUT2D eigenvalue weighted by Gasteiger charge is 2.21. The largest absolute Gasteiger partial charge is 0.496 e. The van der Waals surface area contributed by atoms with Crippen LogP contribution < -0.4 is 20.3 Å². The number of nitrogens with one attached hydrogen (secondary N) is 2. The summed E-state index contributed by atoms with van der Waals surface area (Å²) in [6.07, 6.45) is 0.788. The Hall–Kier alpha value is -3.39. The number of nitrogens with zero attached hydrogens (tertiary/aromatic N) is 2. The lowest BCUT2D eigenvalue weighted by Gasteiger charge is -2.36. The van der Waals surface area contributed by atoms with E-state index in [0.29, 0.717) is 19.6 Å². The molecule has 5 rings (SSSR count). The molecule has 1 atom stereocenters. The van der Waals surface area contributed by atoms with Crippen LogP contribution in [0.2, 0.25) is 0 Å². The third-order valence-corrected chi connectivity index (χ3v) is 8.16. The van der Waals surface area contributed by atoms with Gasteiger partial charge in [-0.25, -0.2) is 0 Å². The summed E-state index contributed by atoms with van der Waals surface area (Å²) in [5.74, 6) is 0.959. The van der Waals surface area contributed by atoms with Crippen molar-refractivity contribution >= 4 is 33.0 Å². The van der Waals surface area contributed by atoms with Crippen LogP contribution in [-0.4, -0.2) is 63.2 Å². The van der Waals surface area contributed by atoms with Crippen molar-refractivity contribution in [2.45, 2.75) is 19.0 Å². The second-order valence-corrected chi connectivity index (χ2v) is 10.7. The first-order valence-corrected chi connectivity index (χ1v) is 14.2. The maximum absolute atomic E-state index is 13.2. The monoisotopic (exact) mass is 528 g/mol. The average Bonchev–Trinajstić information content (AvgIpc) is 3.37. The van der Waals surface area contributed by atoms with Gasteiger partial charge in [0.2, 0.25) is 5.91 Å². The quantitative estimate of drug-likeness (QED) is 0.299. The summed E-state index contributed by atoms with van der Waals surface area (Å²) in [6, 6.07) is 27.0. The fraction of sp³-hybridized carbons (Fsp3) is 0.323. The van der Waals surface area contributed by atoms with Gasteiger partial charge in [-0.05, 0) is 47.0 Å². The van der Waals surface area contributed by atoms with E-state index in [1.807, 2.05) is 24.3 Å². The second-order valence-electron chi connectivity index (χ2n) is 9.77. The predicted molar refractivity (Wildman–Crippen MR) is 157 cm³/mol. The Balaban J connectivity index is 1.19. The average molecular weight is 529 g/mol. The van der Waals surface area contributed by atoms with Gasteiger partial charge in [0, 0.05) is 61.3 Å². The first kappa shape index (κ1) is 26.2. The van der Waals surface area contributed by atoms with Crippen LogP contribution in [0.5, 0.6) is 5.75 Å². The molecule has 198 valence electrons. The lowest BCUT2D eigenvalue weighted by Crippen LogP contribution is -2.52. The normalized spacial score (nSPS) is 14.9. The lowest BCUT2D eigenvalue weighted by atomic mass is 10.0. The Morgan fingerprint density at radius 3 is 2.47 bits per heavy atom. The van der Waals surface area contributed by atoms with Crippen LogP contribution in [0.25, 0.3) is 10.1 Å². The van der Waals surface area contributed by atoms with Crippen molar-refractivity contribution in [3.05, 3.63) is 95.4 Å². The van der Waals surface area contributed by atoms with E-state index >= 15 is 0 Å². The van der Waals surface area contributed by atoms with E-state index in [4.69, 9.17) is 4.74 Å². The molecule has 1 aromatic heterocycles. The van der Waals surface area contributed by atoms with Crippen LogP contribution in [0.15, 0.2) is 84.2 Å². The van der Waals surface area contributed by atoms with Gasteiger partial charge >= 0.3 is 0 Å². The molecule has 2 heterocycles. The van der Waals surface area contributed by atoms with Gasteiger partial charge in [-0.3, -0.25) is 9.69 Å². The molecule has 1 unspecified atom stereocenters. The number of thiophene rings is 1. The van der Waals surface area contributed by atoms with Gasteiger partial charge in [-0.1, -0.05) is 54.6 Å². The van der Waals surface area contributed by atoms with E-state index in [9.17, 15) is 4.79 Å². The number of rotatable bonds is 11. The summed E-state index contributed by atoms with van der Waals surface area (Å²) in [6.45, 7) is 5.42. The summed E-state index contributed by atoms with van der Waals surface area (Å²) in [5.41, 5.74) is 3.64. The standard InChI is InChI=1S/C31H36N4O2S/c1-37-29-13-7-5-9-24(29)20-32-21-26(19-25-23-38-30-14-8-6-12-28(25)30)33-31(36)22-34-15-17-35(18-16-34)27-10-3-2-4-11-27/h2-14,23,26,32H,15-22H2,1H3,(H,33,36). The zero-order valence-corrected chi connectivity index (χ0v) is 22.8. The Morgan fingerprint density at radius 2 is 1.66 bits per heavy atom. The van der Waals surface area contributed by atoms with E-state index in [1.54, 1.807) is 18.4 Å². The molecule has 0 saturated carbocycles. The molecule has 0 aliphatic carbocycles. The summed E-state index contributed by atoms with van der Waals surface area (Å²) in [7, 11) is 1.70. The molecule has 0 spiro atoms. The van der Waals surface area contributed by atoms with Crippen LogP contribution in [0.1, 0.15) is 11.1 Å². The fourth-order valence-electron chi connectivity index (χ4n) is 5.14. The fourth-order valence-corrected chi connectivity index (χ4v) is 6.12. The van der Waals surface area contributed by atoms with Gasteiger partial charge in [-0.2, -0.15) is 0 Å². The van der Waals surface area contributed by atoms with Gasteiger partial charge < -0.3 is 20.3 Å². The van der Waals surface area contributed by atoms with Gasteiger partial charge in [0.15, 0.2) is 0 Å². The van der Waals surface area contributed by atoms with Crippen molar-refractivity contribution in [3.63, 3.8) is 0 Å². The van der Waals surface area contributed by atoms with Crippen molar-refractivity contribution in [3.8, 4) is 5.75 Å². The van der Waals surface area contributed by atoms with Crippen LogP contribution in [0.3, 0.4) is 0 Å². The van der Waals surface area contributed by atoms with E-state index < -0.39 is 0 Å². The molecule has 4 aromatic rings. The minimum atomic E-state index is -0.0131. The maximum Gasteiger partial charge on any atom is 0.234 e. The molecule has 1 aliphatic heterocycles. The molecule has 0 bridgehead atoms. The van der Waals surface area contributed by atoms with Crippen LogP contribution >= 0.6 is 11.3 Å². The number of ether oxygens (including phenoxy) is 1. The summed E-state index contributed by atoms with van der Waals surface area (Å²) in [5, 5.41) is 10.4. The van der Waals surface area contributed by atoms with Gasteiger partial charge in [-0.15, -0.1) is 11.3 Å². The topological polar surface area (TPSA) is 56.8 Å². The molecule has 3 aromatic carbocycles. The summed E-state index contributed by atoms with van der Waals surface area (Å²) in [4.78, 5) is 17.8. The third kappa shape index (κ3) is 6.72. The molecular weight excluding hydrogens is 492 g/mol. The summed E-state index contributed by atoms with van der Waals surface area (Å²) < 4.78 is 6.79. The van der Waals surface area contributed by atoms with Crippen molar-refractivity contribution < 1.29 is 9.53 Å². The SMILES string of the molecule is COc1ccccc1CNCC(Cc1csc2ccccc12)NC(=O)CN1CCN(c2ccccc2)CC1. The number of benzene rings is 3. The Morgan fingerprint density at radius 1 is 0.921 bits per heavy atom. The minimum absolute atomic E-state index is 0.0131. The van der Waals surface area contributed by atoms with E-state index in [2.05, 4.69) is 80.4 Å². The van der Waals surface area contributed by atoms with Crippen LogP contribution in [0.4, 0.5) is 5.69 Å². The van der Waals surface area contributed by atoms with Gasteiger partial charge in [0.1, 0.15) is 5.75 Å². The Kier molecular flexibility index (Phi) is 8.91. The Labute approximate surface area is 229 Å². The highest BCUT2D eigenvalue weighted by Crippen LogP contribution is 2.26. The van der Waals surface area contributed by atoms with Crippen LogP contribution in [0, 0.1) is 0 Å². The molecule has 1 amide bonds. The van der Waals surface area contributed by atoms with Crippen molar-refractivity contribution in [1.29, 1.82) is 0 Å². The molecule has 7 heteroatoms. The molecule has 38 heavy (non-hydrogen) atoms. The molecule has 1 aliphatic rings. The third-order valence-electron chi connectivity index (χ3n) is 7.15. The number of hydrogen-bond acceptors (Lipinski definition) is 6. The van der Waals surface area contributed by atoms with E-state index in [1.165, 1.54) is 21.3 Å². The van der Waals surface area contributed by atoms with Gasteiger partial charge in [0.05, 0.1) is 13.7 Å². The van der Waals surface area contributed by atoms with Gasteiger partial charge in [0.25, 0.3) is 0 Å². The molecule has 1 saturated heterocycles. The number of piperazine rings is 1. The highest BCUT2D eigenvalue weighted by atomic mass is 32.1. The first-order chi connectivity index (χ1) is 18.7. The first-order valence-electron chi connectivity index (χ1n) is 13.3. The zero-order valence-electron chi connectivity index (χ0n) is 21.9. The number of carbonyl (C=O) groups is 1. The molecule has 1 fully saturated rings. The number of hydrogen-bond donors (Lipinski definition) is 2. The second kappa shape index (κ2) is 12.9. The summed E-state index contributed by atoms with van der Waals surface area (Å²) >= 11 is 1.76. The zero-order chi connectivity index (χ0) is 26.2. The minimum Gasteiger partial charge on any atom is -0.496 e.